The average molecular weight is 294 g/mol. The van der Waals surface area contributed by atoms with E-state index in [1.54, 1.807) is 6.07 Å². The summed E-state index contributed by atoms with van der Waals surface area (Å²) in [6.45, 7) is 6.96. The Hall–Kier alpha value is -1.53. The van der Waals surface area contributed by atoms with Crippen molar-refractivity contribution in [1.82, 2.24) is 14.4 Å². The van der Waals surface area contributed by atoms with E-state index in [2.05, 4.69) is 11.8 Å². The third-order valence-electron chi connectivity index (χ3n) is 3.89. The monoisotopic (exact) mass is 294 g/mol. The lowest BCUT2D eigenvalue weighted by atomic mass is 10.3. The number of nitrogens with zero attached hydrogens (tertiary/aromatic N) is 3. The quantitative estimate of drug-likeness (QED) is 0.835. The van der Waals surface area contributed by atoms with Crippen LogP contribution < -0.4 is 5.73 Å². The molecule has 1 fully saturated rings. The Bertz CT molecular complexity index is 472. The normalized spacial score (nSPS) is 17.0. The van der Waals surface area contributed by atoms with Crippen LogP contribution >= 0.6 is 0 Å². The number of aryl methyl sites for hydroxylation is 1. The molecular weight excluding hydrogens is 268 g/mol. The zero-order chi connectivity index (χ0) is 15.2. The highest BCUT2D eigenvalue weighted by Gasteiger charge is 2.22. The standard InChI is InChI=1S/C15H26N4O2/c1-2-4-19-12-13(16)11-14(19)15(21)18-6-3-5-17(7-8-18)9-10-20/h11-12,20H,2-10,16H2,1H3. The Morgan fingerprint density at radius 2 is 2.10 bits per heavy atom. The molecule has 1 aliphatic heterocycles. The second-order valence-electron chi connectivity index (χ2n) is 5.56. The summed E-state index contributed by atoms with van der Waals surface area (Å²) in [7, 11) is 0. The Morgan fingerprint density at radius 1 is 1.29 bits per heavy atom. The summed E-state index contributed by atoms with van der Waals surface area (Å²) in [6.07, 6.45) is 3.75. The Balaban J connectivity index is 2.05. The third kappa shape index (κ3) is 3.98. The fraction of sp³-hybridized carbons (Fsp3) is 0.667. The first-order chi connectivity index (χ1) is 10.2. The molecule has 0 radical (unpaired) electrons. The van der Waals surface area contributed by atoms with E-state index in [0.717, 1.165) is 39.0 Å². The number of anilines is 1. The Morgan fingerprint density at radius 3 is 2.81 bits per heavy atom. The number of aliphatic hydroxyl groups excluding tert-OH is 1. The molecule has 0 unspecified atom stereocenters. The number of amides is 1. The number of hydrogen-bond acceptors (Lipinski definition) is 4. The molecule has 2 rings (SSSR count). The first kappa shape index (κ1) is 15.9. The SMILES string of the molecule is CCCn1cc(N)cc1C(=O)N1CCCN(CCO)CC1. The molecule has 1 amide bonds. The minimum absolute atomic E-state index is 0.0611. The van der Waals surface area contributed by atoms with Crippen LogP contribution in [-0.2, 0) is 6.54 Å². The molecule has 0 bridgehead atoms. The topological polar surface area (TPSA) is 74.7 Å². The maximum absolute atomic E-state index is 12.7. The van der Waals surface area contributed by atoms with Crippen molar-refractivity contribution in [3.05, 3.63) is 18.0 Å². The van der Waals surface area contributed by atoms with Gasteiger partial charge in [-0.05, 0) is 25.5 Å². The van der Waals surface area contributed by atoms with E-state index in [4.69, 9.17) is 10.8 Å². The maximum atomic E-state index is 12.7. The van der Waals surface area contributed by atoms with Crippen LogP contribution in [0.1, 0.15) is 30.3 Å². The average Bonchev–Trinajstić information content (AvgIpc) is 2.68. The van der Waals surface area contributed by atoms with Gasteiger partial charge in [0, 0.05) is 38.9 Å². The van der Waals surface area contributed by atoms with Gasteiger partial charge in [-0.25, -0.2) is 0 Å². The van der Waals surface area contributed by atoms with Gasteiger partial charge in [-0.3, -0.25) is 9.69 Å². The minimum atomic E-state index is 0.0611. The number of hydrogen-bond donors (Lipinski definition) is 2. The largest absolute Gasteiger partial charge is 0.397 e. The first-order valence-corrected chi connectivity index (χ1v) is 7.73. The molecule has 0 aliphatic carbocycles. The fourth-order valence-electron chi connectivity index (χ4n) is 2.84. The lowest BCUT2D eigenvalue weighted by Gasteiger charge is -2.22. The molecule has 21 heavy (non-hydrogen) atoms. The lowest BCUT2D eigenvalue weighted by molar-refractivity contribution is 0.0749. The van der Waals surface area contributed by atoms with E-state index in [1.807, 2.05) is 15.7 Å². The summed E-state index contributed by atoms with van der Waals surface area (Å²) in [4.78, 5) is 16.8. The highest BCUT2D eigenvalue weighted by molar-refractivity contribution is 5.93. The molecule has 6 heteroatoms. The first-order valence-electron chi connectivity index (χ1n) is 7.73. The second-order valence-corrected chi connectivity index (χ2v) is 5.56. The molecule has 0 atom stereocenters. The highest BCUT2D eigenvalue weighted by atomic mass is 16.3. The van der Waals surface area contributed by atoms with Crippen molar-refractivity contribution in [2.24, 2.45) is 0 Å². The van der Waals surface area contributed by atoms with E-state index >= 15 is 0 Å². The van der Waals surface area contributed by atoms with Gasteiger partial charge in [-0.1, -0.05) is 6.92 Å². The van der Waals surface area contributed by atoms with Crippen LogP contribution in [0, 0.1) is 0 Å². The summed E-state index contributed by atoms with van der Waals surface area (Å²) < 4.78 is 1.95. The van der Waals surface area contributed by atoms with Crippen LogP contribution in [0.4, 0.5) is 5.69 Å². The number of aliphatic hydroxyl groups is 1. The van der Waals surface area contributed by atoms with Gasteiger partial charge >= 0.3 is 0 Å². The van der Waals surface area contributed by atoms with Gasteiger partial charge < -0.3 is 20.3 Å². The second kappa shape index (κ2) is 7.47. The molecule has 1 aromatic rings. The molecule has 118 valence electrons. The van der Waals surface area contributed by atoms with Crippen molar-refractivity contribution in [1.29, 1.82) is 0 Å². The third-order valence-corrected chi connectivity index (χ3v) is 3.89. The van der Waals surface area contributed by atoms with E-state index in [1.165, 1.54) is 0 Å². The molecular formula is C15H26N4O2. The number of β-amino-alcohol motifs (C(OH)–C–C–N with tert-alkyl or cyclic N) is 1. The van der Waals surface area contributed by atoms with E-state index in [0.29, 0.717) is 24.5 Å². The smallest absolute Gasteiger partial charge is 0.270 e. The highest BCUT2D eigenvalue weighted by Crippen LogP contribution is 2.15. The van der Waals surface area contributed by atoms with Crippen molar-refractivity contribution in [2.75, 3.05) is 45.1 Å². The number of carbonyl (C=O) groups excluding carboxylic acids is 1. The summed E-state index contributed by atoms with van der Waals surface area (Å²) >= 11 is 0. The molecule has 1 aliphatic rings. The predicted molar refractivity (Wildman–Crippen MR) is 83.2 cm³/mol. The van der Waals surface area contributed by atoms with Gasteiger partial charge in [0.1, 0.15) is 5.69 Å². The molecule has 6 nitrogen and oxygen atoms in total. The molecule has 0 spiro atoms. The van der Waals surface area contributed by atoms with Gasteiger partial charge in [0.2, 0.25) is 0 Å². The molecule has 0 saturated carbocycles. The minimum Gasteiger partial charge on any atom is -0.397 e. The van der Waals surface area contributed by atoms with Crippen LogP contribution in [0.2, 0.25) is 0 Å². The summed E-state index contributed by atoms with van der Waals surface area (Å²) in [6, 6.07) is 1.77. The van der Waals surface area contributed by atoms with E-state index in [9.17, 15) is 4.79 Å². The summed E-state index contributed by atoms with van der Waals surface area (Å²) in [5.74, 6) is 0.0611. The number of aromatic nitrogens is 1. The number of rotatable bonds is 5. The van der Waals surface area contributed by atoms with Gasteiger partial charge in [0.25, 0.3) is 5.91 Å². The van der Waals surface area contributed by atoms with Crippen molar-refractivity contribution < 1.29 is 9.90 Å². The van der Waals surface area contributed by atoms with Crippen LogP contribution in [0.3, 0.4) is 0 Å². The molecule has 0 aromatic carbocycles. The van der Waals surface area contributed by atoms with Crippen molar-refractivity contribution in [3.8, 4) is 0 Å². The molecule has 3 N–H and O–H groups in total. The van der Waals surface area contributed by atoms with Crippen molar-refractivity contribution in [3.63, 3.8) is 0 Å². The fourth-order valence-corrected chi connectivity index (χ4v) is 2.84. The zero-order valence-corrected chi connectivity index (χ0v) is 12.8. The number of nitrogen functional groups attached to an aromatic ring is 1. The van der Waals surface area contributed by atoms with Gasteiger partial charge in [0.15, 0.2) is 0 Å². The van der Waals surface area contributed by atoms with E-state index in [-0.39, 0.29) is 12.5 Å². The Labute approximate surface area is 126 Å². The van der Waals surface area contributed by atoms with Crippen LogP contribution in [-0.4, -0.2) is 64.7 Å². The number of nitrogens with two attached hydrogens (primary N) is 1. The molecule has 2 heterocycles. The van der Waals surface area contributed by atoms with Gasteiger partial charge in [0.05, 0.1) is 12.3 Å². The van der Waals surface area contributed by atoms with Crippen molar-refractivity contribution >= 4 is 11.6 Å². The van der Waals surface area contributed by atoms with Gasteiger partial charge in [-0.2, -0.15) is 0 Å². The number of carbonyl (C=O) groups is 1. The van der Waals surface area contributed by atoms with Crippen LogP contribution in [0.25, 0.3) is 0 Å². The maximum Gasteiger partial charge on any atom is 0.270 e. The molecule has 1 saturated heterocycles. The zero-order valence-electron chi connectivity index (χ0n) is 12.8. The van der Waals surface area contributed by atoms with Gasteiger partial charge in [-0.15, -0.1) is 0 Å². The molecule has 1 aromatic heterocycles. The summed E-state index contributed by atoms with van der Waals surface area (Å²) in [5, 5.41) is 9.02. The van der Waals surface area contributed by atoms with Crippen molar-refractivity contribution in [2.45, 2.75) is 26.3 Å². The summed E-state index contributed by atoms with van der Waals surface area (Å²) in [5.41, 5.74) is 7.17. The van der Waals surface area contributed by atoms with Crippen LogP contribution in [0.15, 0.2) is 12.3 Å². The van der Waals surface area contributed by atoms with E-state index < -0.39 is 0 Å². The Kier molecular flexibility index (Phi) is 5.64. The van der Waals surface area contributed by atoms with Crippen LogP contribution in [0.5, 0.6) is 0 Å². The lowest BCUT2D eigenvalue weighted by Crippen LogP contribution is -2.36. The predicted octanol–water partition coefficient (Wildman–Crippen LogP) is 0.621.